The lowest BCUT2D eigenvalue weighted by atomic mass is 10.0. The van der Waals surface area contributed by atoms with Crippen LogP contribution in [-0.2, 0) is 12.8 Å². The van der Waals surface area contributed by atoms with Gasteiger partial charge >= 0.3 is 0 Å². The lowest BCUT2D eigenvalue weighted by Gasteiger charge is -2.07. The SMILES string of the molecule is CCCCCCCCCCc1ccc(Sc2ccc(CCCCCCCCCC)cc2)cc1. The van der Waals surface area contributed by atoms with Crippen LogP contribution in [0.1, 0.15) is 128 Å². The molecular formula is C32H50S. The highest BCUT2D eigenvalue weighted by Crippen LogP contribution is 2.28. The molecule has 0 aliphatic carbocycles. The van der Waals surface area contributed by atoms with Gasteiger partial charge in [-0.05, 0) is 61.1 Å². The molecule has 0 amide bonds. The van der Waals surface area contributed by atoms with Gasteiger partial charge in [0.25, 0.3) is 0 Å². The van der Waals surface area contributed by atoms with Crippen molar-refractivity contribution in [2.45, 2.75) is 139 Å². The Morgan fingerprint density at radius 2 is 0.697 bits per heavy atom. The summed E-state index contributed by atoms with van der Waals surface area (Å²) in [6.07, 6.45) is 24.8. The summed E-state index contributed by atoms with van der Waals surface area (Å²) in [7, 11) is 0. The summed E-state index contributed by atoms with van der Waals surface area (Å²) in [6.45, 7) is 4.58. The van der Waals surface area contributed by atoms with Crippen molar-refractivity contribution in [3.63, 3.8) is 0 Å². The first-order valence-corrected chi connectivity index (χ1v) is 15.0. The van der Waals surface area contributed by atoms with E-state index in [9.17, 15) is 0 Å². The predicted octanol–water partition coefficient (Wildman–Crippen LogP) is 11.2. The van der Waals surface area contributed by atoms with Gasteiger partial charge in [-0.15, -0.1) is 0 Å². The maximum atomic E-state index is 2.33. The van der Waals surface area contributed by atoms with E-state index in [2.05, 4.69) is 62.4 Å². The highest BCUT2D eigenvalue weighted by molar-refractivity contribution is 7.99. The molecule has 0 atom stereocenters. The zero-order chi connectivity index (χ0) is 23.4. The number of hydrogen-bond donors (Lipinski definition) is 0. The van der Waals surface area contributed by atoms with Gasteiger partial charge in [0.1, 0.15) is 0 Å². The second-order valence-electron chi connectivity index (χ2n) is 9.84. The van der Waals surface area contributed by atoms with Crippen LogP contribution in [0.15, 0.2) is 58.3 Å². The maximum absolute atomic E-state index is 2.33. The zero-order valence-electron chi connectivity index (χ0n) is 21.8. The monoisotopic (exact) mass is 466 g/mol. The van der Waals surface area contributed by atoms with E-state index in [0.29, 0.717) is 0 Å². The van der Waals surface area contributed by atoms with E-state index in [1.54, 1.807) is 0 Å². The van der Waals surface area contributed by atoms with Gasteiger partial charge in [-0.2, -0.15) is 0 Å². The number of rotatable bonds is 20. The first-order chi connectivity index (χ1) is 16.3. The molecule has 33 heavy (non-hydrogen) atoms. The Balaban J connectivity index is 1.57. The van der Waals surface area contributed by atoms with Crippen molar-refractivity contribution in [3.05, 3.63) is 59.7 Å². The van der Waals surface area contributed by atoms with E-state index in [4.69, 9.17) is 0 Å². The number of hydrogen-bond acceptors (Lipinski definition) is 1. The molecule has 0 saturated heterocycles. The molecule has 0 saturated carbocycles. The van der Waals surface area contributed by atoms with E-state index < -0.39 is 0 Å². The molecule has 0 bridgehead atoms. The minimum atomic E-state index is 1.23. The highest BCUT2D eigenvalue weighted by Gasteiger charge is 2.01. The molecule has 2 aromatic rings. The molecule has 0 spiro atoms. The number of aryl methyl sites for hydroxylation is 2. The second-order valence-corrected chi connectivity index (χ2v) is 11.0. The average molecular weight is 467 g/mol. The molecule has 0 heterocycles. The molecule has 0 unspecified atom stereocenters. The van der Waals surface area contributed by atoms with Crippen molar-refractivity contribution in [1.29, 1.82) is 0 Å². The van der Waals surface area contributed by atoms with Gasteiger partial charge in [0.05, 0.1) is 0 Å². The Labute approximate surface area is 210 Å². The molecule has 184 valence electrons. The van der Waals surface area contributed by atoms with Gasteiger partial charge in [0, 0.05) is 9.79 Å². The van der Waals surface area contributed by atoms with Gasteiger partial charge in [0.15, 0.2) is 0 Å². The Morgan fingerprint density at radius 1 is 0.394 bits per heavy atom. The molecule has 2 rings (SSSR count). The molecule has 2 aromatic carbocycles. The van der Waals surface area contributed by atoms with Crippen LogP contribution in [0.25, 0.3) is 0 Å². The summed E-state index contributed by atoms with van der Waals surface area (Å²) in [5.41, 5.74) is 2.98. The van der Waals surface area contributed by atoms with Crippen molar-refractivity contribution >= 4 is 11.8 Å². The molecule has 1 heteroatoms. The van der Waals surface area contributed by atoms with Crippen molar-refractivity contribution in [2.24, 2.45) is 0 Å². The summed E-state index contributed by atoms with van der Waals surface area (Å²) in [5, 5.41) is 0. The third-order valence-corrected chi connectivity index (χ3v) is 7.74. The fraction of sp³-hybridized carbons (Fsp3) is 0.625. The Hall–Kier alpha value is -1.21. The third-order valence-electron chi connectivity index (χ3n) is 6.72. The summed E-state index contributed by atoms with van der Waals surface area (Å²) < 4.78 is 0. The zero-order valence-corrected chi connectivity index (χ0v) is 22.6. The maximum Gasteiger partial charge on any atom is 0.0122 e. The number of unbranched alkanes of at least 4 members (excludes halogenated alkanes) is 14. The molecule has 0 radical (unpaired) electrons. The van der Waals surface area contributed by atoms with Gasteiger partial charge in [-0.3, -0.25) is 0 Å². The first-order valence-electron chi connectivity index (χ1n) is 14.2. The summed E-state index contributed by atoms with van der Waals surface area (Å²) in [6, 6.07) is 18.6. The fourth-order valence-corrected chi connectivity index (χ4v) is 5.33. The van der Waals surface area contributed by atoms with Crippen LogP contribution in [0.2, 0.25) is 0 Å². The van der Waals surface area contributed by atoms with Crippen LogP contribution in [0.5, 0.6) is 0 Å². The summed E-state index contributed by atoms with van der Waals surface area (Å²) >= 11 is 1.89. The Bertz CT molecular complexity index is 624. The van der Waals surface area contributed by atoms with E-state index in [0.717, 1.165) is 0 Å². The Morgan fingerprint density at radius 3 is 1.03 bits per heavy atom. The van der Waals surface area contributed by atoms with Gasteiger partial charge in [-0.25, -0.2) is 0 Å². The van der Waals surface area contributed by atoms with E-state index in [1.807, 2.05) is 11.8 Å². The predicted molar refractivity (Wildman–Crippen MR) is 150 cm³/mol. The van der Waals surface area contributed by atoms with Crippen LogP contribution >= 0.6 is 11.8 Å². The number of benzene rings is 2. The van der Waals surface area contributed by atoms with Crippen molar-refractivity contribution < 1.29 is 0 Å². The average Bonchev–Trinajstić information content (AvgIpc) is 2.84. The van der Waals surface area contributed by atoms with E-state index in [1.165, 1.54) is 136 Å². The lowest BCUT2D eigenvalue weighted by Crippen LogP contribution is -1.87. The second kappa shape index (κ2) is 19.1. The topological polar surface area (TPSA) is 0 Å². The van der Waals surface area contributed by atoms with E-state index >= 15 is 0 Å². The minimum Gasteiger partial charge on any atom is -0.0901 e. The molecule has 0 aliphatic heterocycles. The van der Waals surface area contributed by atoms with Crippen LogP contribution in [0.4, 0.5) is 0 Å². The summed E-state index contributed by atoms with van der Waals surface area (Å²) in [4.78, 5) is 2.70. The standard InChI is InChI=1S/C32H50S/c1-3-5-7-9-11-13-15-17-19-29-21-25-31(26-22-29)33-32-27-23-30(24-28-32)20-18-16-14-12-10-8-6-4-2/h21-28H,3-20H2,1-2H3. The van der Waals surface area contributed by atoms with Gasteiger partial charge in [-0.1, -0.05) is 140 Å². The van der Waals surface area contributed by atoms with Gasteiger partial charge in [0.2, 0.25) is 0 Å². The van der Waals surface area contributed by atoms with Gasteiger partial charge < -0.3 is 0 Å². The van der Waals surface area contributed by atoms with Crippen molar-refractivity contribution in [3.8, 4) is 0 Å². The summed E-state index contributed by atoms with van der Waals surface area (Å²) in [5.74, 6) is 0. The highest BCUT2D eigenvalue weighted by atomic mass is 32.2. The normalized spacial score (nSPS) is 11.2. The molecule has 0 N–H and O–H groups in total. The minimum absolute atomic E-state index is 1.23. The molecule has 0 aromatic heterocycles. The smallest absolute Gasteiger partial charge is 0.0122 e. The molecular weight excluding hydrogens is 416 g/mol. The van der Waals surface area contributed by atoms with E-state index in [-0.39, 0.29) is 0 Å². The van der Waals surface area contributed by atoms with Crippen LogP contribution in [-0.4, -0.2) is 0 Å². The Kier molecular flexibility index (Phi) is 16.3. The lowest BCUT2D eigenvalue weighted by molar-refractivity contribution is 0.575. The molecule has 0 aliphatic rings. The first kappa shape index (κ1) is 28.0. The van der Waals surface area contributed by atoms with Crippen LogP contribution < -0.4 is 0 Å². The third kappa shape index (κ3) is 13.9. The molecule has 0 fully saturated rings. The van der Waals surface area contributed by atoms with Crippen molar-refractivity contribution in [2.75, 3.05) is 0 Å². The van der Waals surface area contributed by atoms with Crippen molar-refractivity contribution in [1.82, 2.24) is 0 Å². The molecule has 0 nitrogen and oxygen atoms in total. The fourth-order valence-electron chi connectivity index (χ4n) is 4.51. The van der Waals surface area contributed by atoms with Crippen LogP contribution in [0, 0.1) is 0 Å². The van der Waals surface area contributed by atoms with Crippen LogP contribution in [0.3, 0.4) is 0 Å². The largest absolute Gasteiger partial charge is 0.0901 e. The quantitative estimate of drug-likeness (QED) is 0.175.